The van der Waals surface area contributed by atoms with Crippen molar-refractivity contribution in [3.63, 3.8) is 0 Å². The number of carbonyl (C=O) groups is 1. The first-order valence-corrected chi connectivity index (χ1v) is 7.87. The van der Waals surface area contributed by atoms with E-state index in [1.165, 1.54) is 6.33 Å². The number of nitrogens with one attached hydrogen (secondary N) is 1. The monoisotopic (exact) mass is 384 g/mol. The fourth-order valence-corrected chi connectivity index (χ4v) is 2.43. The molecule has 0 radical (unpaired) electrons. The molecule has 1 aromatic heterocycles. The molecule has 2 aromatic carbocycles. The highest BCUT2D eigenvalue weighted by Crippen LogP contribution is 2.12. The molecule has 120 valence electrons. The minimum Gasteiger partial charge on any atom is -0.267 e. The van der Waals surface area contributed by atoms with E-state index in [2.05, 4.69) is 42.0 Å². The Labute approximate surface area is 146 Å². The molecule has 24 heavy (non-hydrogen) atoms. The van der Waals surface area contributed by atoms with Gasteiger partial charge in [-0.25, -0.2) is 10.1 Å². The van der Waals surface area contributed by atoms with Gasteiger partial charge in [0.1, 0.15) is 6.33 Å². The normalized spacial score (nSPS) is 11.3. The first-order chi connectivity index (χ1) is 11.6. The smallest absolute Gasteiger partial charge is 0.267 e. The van der Waals surface area contributed by atoms with Gasteiger partial charge in [0, 0.05) is 10.0 Å². The summed E-state index contributed by atoms with van der Waals surface area (Å²) in [5.74, 6) is -0.263. The average molecular weight is 385 g/mol. The summed E-state index contributed by atoms with van der Waals surface area (Å²) < 4.78 is 2.40. The van der Waals surface area contributed by atoms with Gasteiger partial charge >= 0.3 is 0 Å². The fraction of sp³-hybridized carbons (Fsp3) is 0.0625. The minimum atomic E-state index is -0.263. The van der Waals surface area contributed by atoms with Crippen LogP contribution in [0.5, 0.6) is 0 Å². The van der Waals surface area contributed by atoms with Gasteiger partial charge in [0.2, 0.25) is 0 Å². The van der Waals surface area contributed by atoms with Gasteiger partial charge in [0.25, 0.3) is 5.91 Å². The van der Waals surface area contributed by atoms with Crippen LogP contribution in [0.4, 0.5) is 0 Å². The van der Waals surface area contributed by atoms with Crippen molar-refractivity contribution in [1.82, 2.24) is 25.6 Å². The number of tetrazole rings is 1. The SMILES string of the molecule is C/C(=N\NC(=O)c1cccc(Br)c1)c1ccc(-n2cnnn2)cc1. The van der Waals surface area contributed by atoms with Crippen LogP contribution in [-0.4, -0.2) is 31.8 Å². The first-order valence-electron chi connectivity index (χ1n) is 7.07. The lowest BCUT2D eigenvalue weighted by Gasteiger charge is -2.05. The molecular formula is C16H13BrN6O. The molecule has 8 heteroatoms. The molecule has 7 nitrogen and oxygen atoms in total. The highest BCUT2D eigenvalue weighted by atomic mass is 79.9. The number of nitrogens with zero attached hydrogens (tertiary/aromatic N) is 5. The lowest BCUT2D eigenvalue weighted by molar-refractivity contribution is 0.0955. The van der Waals surface area contributed by atoms with Gasteiger partial charge in [-0.05, 0) is 53.2 Å². The minimum absolute atomic E-state index is 0.263. The second-order valence-electron chi connectivity index (χ2n) is 4.95. The van der Waals surface area contributed by atoms with Crippen LogP contribution in [-0.2, 0) is 0 Å². The maximum absolute atomic E-state index is 12.1. The number of hydrogen-bond acceptors (Lipinski definition) is 5. The summed E-state index contributed by atoms with van der Waals surface area (Å²) in [4.78, 5) is 12.1. The summed E-state index contributed by atoms with van der Waals surface area (Å²) >= 11 is 3.34. The molecule has 1 amide bonds. The Kier molecular flexibility index (Phi) is 4.76. The third-order valence-electron chi connectivity index (χ3n) is 3.31. The number of rotatable bonds is 4. The van der Waals surface area contributed by atoms with Crippen molar-refractivity contribution in [3.05, 3.63) is 70.5 Å². The van der Waals surface area contributed by atoms with Crippen LogP contribution in [0.15, 0.2) is 64.4 Å². The van der Waals surface area contributed by atoms with Crippen molar-refractivity contribution in [2.75, 3.05) is 0 Å². The molecule has 0 aliphatic heterocycles. The fourth-order valence-electron chi connectivity index (χ4n) is 2.03. The predicted octanol–water partition coefficient (Wildman–Crippen LogP) is 2.58. The molecule has 0 aliphatic rings. The number of aromatic nitrogens is 4. The van der Waals surface area contributed by atoms with Crippen molar-refractivity contribution < 1.29 is 4.79 Å². The lowest BCUT2D eigenvalue weighted by Crippen LogP contribution is -2.19. The Hall–Kier alpha value is -2.87. The zero-order chi connectivity index (χ0) is 16.9. The summed E-state index contributed by atoms with van der Waals surface area (Å²) in [5.41, 5.74) is 5.52. The van der Waals surface area contributed by atoms with Crippen LogP contribution >= 0.6 is 15.9 Å². The average Bonchev–Trinajstić information content (AvgIpc) is 3.14. The summed E-state index contributed by atoms with van der Waals surface area (Å²) in [5, 5.41) is 15.2. The van der Waals surface area contributed by atoms with Gasteiger partial charge in [0.05, 0.1) is 11.4 Å². The maximum Gasteiger partial charge on any atom is 0.271 e. The Bertz CT molecular complexity index is 874. The van der Waals surface area contributed by atoms with E-state index in [1.807, 2.05) is 37.3 Å². The Morgan fingerprint density at radius 2 is 1.96 bits per heavy atom. The summed E-state index contributed by atoms with van der Waals surface area (Å²) in [6.07, 6.45) is 1.52. The van der Waals surface area contributed by atoms with Crippen molar-refractivity contribution in [2.45, 2.75) is 6.92 Å². The molecule has 0 fully saturated rings. The van der Waals surface area contributed by atoms with Gasteiger partial charge in [-0.3, -0.25) is 4.79 Å². The van der Waals surface area contributed by atoms with Crippen LogP contribution in [0.25, 0.3) is 5.69 Å². The lowest BCUT2D eigenvalue weighted by atomic mass is 10.1. The third kappa shape index (κ3) is 3.72. The standard InChI is InChI=1S/C16H13BrN6O/c1-11(19-20-16(24)13-3-2-4-14(17)9-13)12-5-7-15(8-6-12)23-10-18-21-22-23/h2-10H,1H3,(H,20,24)/b19-11+. The molecule has 0 aliphatic carbocycles. The third-order valence-corrected chi connectivity index (χ3v) is 3.80. The molecular weight excluding hydrogens is 372 g/mol. The molecule has 0 saturated carbocycles. The van der Waals surface area contributed by atoms with E-state index in [-0.39, 0.29) is 5.91 Å². The molecule has 0 atom stereocenters. The molecule has 0 bridgehead atoms. The zero-order valence-electron chi connectivity index (χ0n) is 12.7. The van der Waals surface area contributed by atoms with Crippen LogP contribution in [0, 0.1) is 0 Å². The predicted molar refractivity (Wildman–Crippen MR) is 93.0 cm³/mol. The number of hydrazone groups is 1. The van der Waals surface area contributed by atoms with Gasteiger partial charge in [0.15, 0.2) is 0 Å². The second-order valence-corrected chi connectivity index (χ2v) is 5.87. The number of carbonyl (C=O) groups excluding carboxylic acids is 1. The molecule has 1 heterocycles. The first kappa shape index (κ1) is 16.0. The van der Waals surface area contributed by atoms with Gasteiger partial charge in [-0.1, -0.05) is 34.1 Å². The molecule has 0 unspecified atom stereocenters. The molecule has 0 spiro atoms. The van der Waals surface area contributed by atoms with E-state index < -0.39 is 0 Å². The number of amides is 1. The van der Waals surface area contributed by atoms with Crippen LogP contribution in [0.3, 0.4) is 0 Å². The van der Waals surface area contributed by atoms with Crippen molar-refractivity contribution >= 4 is 27.5 Å². The Morgan fingerprint density at radius 3 is 2.62 bits per heavy atom. The highest BCUT2D eigenvalue weighted by Gasteiger charge is 2.06. The van der Waals surface area contributed by atoms with E-state index >= 15 is 0 Å². The number of hydrogen-bond donors (Lipinski definition) is 1. The van der Waals surface area contributed by atoms with Gasteiger partial charge < -0.3 is 0 Å². The van der Waals surface area contributed by atoms with E-state index in [1.54, 1.807) is 22.9 Å². The largest absolute Gasteiger partial charge is 0.271 e. The highest BCUT2D eigenvalue weighted by molar-refractivity contribution is 9.10. The topological polar surface area (TPSA) is 85.1 Å². The van der Waals surface area contributed by atoms with Crippen LogP contribution < -0.4 is 5.43 Å². The van der Waals surface area contributed by atoms with Gasteiger partial charge in [-0.15, -0.1) is 5.10 Å². The van der Waals surface area contributed by atoms with Crippen molar-refractivity contribution in [2.24, 2.45) is 5.10 Å². The van der Waals surface area contributed by atoms with Crippen LogP contribution in [0.2, 0.25) is 0 Å². The molecule has 0 saturated heterocycles. The number of halogens is 1. The van der Waals surface area contributed by atoms with Crippen LogP contribution in [0.1, 0.15) is 22.8 Å². The molecule has 3 rings (SSSR count). The zero-order valence-corrected chi connectivity index (χ0v) is 14.3. The Morgan fingerprint density at radius 1 is 1.17 bits per heavy atom. The Balaban J connectivity index is 1.70. The summed E-state index contributed by atoms with van der Waals surface area (Å²) in [6.45, 7) is 1.83. The maximum atomic E-state index is 12.1. The van der Waals surface area contributed by atoms with Gasteiger partial charge in [-0.2, -0.15) is 5.10 Å². The molecule has 1 N–H and O–H groups in total. The molecule has 3 aromatic rings. The van der Waals surface area contributed by atoms with E-state index in [4.69, 9.17) is 0 Å². The van der Waals surface area contributed by atoms with Crippen molar-refractivity contribution in [3.8, 4) is 5.69 Å². The van der Waals surface area contributed by atoms with E-state index in [0.717, 1.165) is 15.7 Å². The van der Waals surface area contributed by atoms with E-state index in [9.17, 15) is 4.79 Å². The summed E-state index contributed by atoms with van der Waals surface area (Å²) in [6, 6.07) is 14.7. The quantitative estimate of drug-likeness (QED) is 0.553. The number of benzene rings is 2. The summed E-state index contributed by atoms with van der Waals surface area (Å²) in [7, 11) is 0. The van der Waals surface area contributed by atoms with Crippen molar-refractivity contribution in [1.29, 1.82) is 0 Å². The van der Waals surface area contributed by atoms with E-state index in [0.29, 0.717) is 11.3 Å². The second kappa shape index (κ2) is 7.14.